The van der Waals surface area contributed by atoms with Crippen LogP contribution in [0.4, 0.5) is 0 Å². The summed E-state index contributed by atoms with van der Waals surface area (Å²) >= 11 is 0. The van der Waals surface area contributed by atoms with E-state index in [9.17, 15) is 0 Å². The fourth-order valence-electron chi connectivity index (χ4n) is 4.36. The molecule has 0 amide bonds. The van der Waals surface area contributed by atoms with Gasteiger partial charge in [-0.15, -0.1) is 6.58 Å². The highest BCUT2D eigenvalue weighted by molar-refractivity contribution is 4.82. The van der Waals surface area contributed by atoms with Crippen LogP contribution >= 0.6 is 0 Å². The van der Waals surface area contributed by atoms with Crippen molar-refractivity contribution in [3.8, 4) is 0 Å². The molecule has 2 saturated carbocycles. The van der Waals surface area contributed by atoms with Crippen molar-refractivity contribution in [1.82, 2.24) is 0 Å². The molecule has 0 aromatic heterocycles. The Hall–Kier alpha value is -0.340. The molecule has 22 heavy (non-hydrogen) atoms. The molecular formula is C20H36O2. The van der Waals surface area contributed by atoms with Crippen LogP contribution < -0.4 is 0 Å². The van der Waals surface area contributed by atoms with E-state index < -0.39 is 0 Å². The van der Waals surface area contributed by atoms with Crippen LogP contribution in [0.2, 0.25) is 0 Å². The van der Waals surface area contributed by atoms with Crippen LogP contribution in [0.5, 0.6) is 0 Å². The molecule has 0 N–H and O–H groups in total. The van der Waals surface area contributed by atoms with E-state index in [1.165, 1.54) is 51.4 Å². The number of rotatable bonds is 9. The zero-order valence-corrected chi connectivity index (χ0v) is 14.6. The molecule has 128 valence electrons. The molecule has 2 aliphatic rings. The average molecular weight is 309 g/mol. The third kappa shape index (κ3) is 6.04. The molecule has 0 radical (unpaired) electrons. The van der Waals surface area contributed by atoms with Gasteiger partial charge in [-0.2, -0.15) is 0 Å². The van der Waals surface area contributed by atoms with Gasteiger partial charge in [-0.05, 0) is 81.5 Å². The summed E-state index contributed by atoms with van der Waals surface area (Å²) in [6, 6.07) is 0. The summed E-state index contributed by atoms with van der Waals surface area (Å²) in [6.07, 6.45) is 14.3. The van der Waals surface area contributed by atoms with E-state index in [4.69, 9.17) is 9.47 Å². The Kier molecular flexibility index (Phi) is 8.54. The summed E-state index contributed by atoms with van der Waals surface area (Å²) in [5.41, 5.74) is 0. The Labute approximate surface area is 137 Å². The van der Waals surface area contributed by atoms with Gasteiger partial charge in [-0.1, -0.05) is 13.0 Å². The van der Waals surface area contributed by atoms with Crippen molar-refractivity contribution in [3.63, 3.8) is 0 Å². The minimum absolute atomic E-state index is 0.712. The summed E-state index contributed by atoms with van der Waals surface area (Å²) in [5, 5.41) is 0. The van der Waals surface area contributed by atoms with E-state index in [0.717, 1.165) is 49.9 Å². The lowest BCUT2D eigenvalue weighted by Gasteiger charge is -2.37. The number of hydrogen-bond donors (Lipinski definition) is 0. The summed E-state index contributed by atoms with van der Waals surface area (Å²) in [5.74, 6) is 3.63. The highest BCUT2D eigenvalue weighted by Crippen LogP contribution is 2.41. The maximum absolute atomic E-state index is 5.74. The molecule has 0 heterocycles. The molecule has 0 atom stereocenters. The van der Waals surface area contributed by atoms with Gasteiger partial charge < -0.3 is 9.47 Å². The topological polar surface area (TPSA) is 18.5 Å². The van der Waals surface area contributed by atoms with E-state index >= 15 is 0 Å². The first-order valence-electron chi connectivity index (χ1n) is 9.59. The second kappa shape index (κ2) is 10.4. The molecule has 0 aliphatic heterocycles. The standard InChI is InChI=1S/C20H36O2/c1-3-13-21-15-17-5-9-19(10-6-17)20-11-7-18(8-12-20)16-22-14-4-2/h3,17-20H,1,4-16H2,2H3/t17-,18-,19-,20-. The molecule has 0 saturated heterocycles. The van der Waals surface area contributed by atoms with Gasteiger partial charge in [0.1, 0.15) is 0 Å². The summed E-state index contributed by atoms with van der Waals surface area (Å²) in [6.45, 7) is 9.51. The molecule has 0 unspecified atom stereocenters. The van der Waals surface area contributed by atoms with Gasteiger partial charge >= 0.3 is 0 Å². The molecule has 2 rings (SSSR count). The highest BCUT2D eigenvalue weighted by Gasteiger charge is 2.30. The van der Waals surface area contributed by atoms with Crippen molar-refractivity contribution in [3.05, 3.63) is 12.7 Å². The van der Waals surface area contributed by atoms with Gasteiger partial charge in [0.05, 0.1) is 6.61 Å². The maximum atomic E-state index is 5.74. The highest BCUT2D eigenvalue weighted by atomic mass is 16.5. The minimum Gasteiger partial charge on any atom is -0.381 e. The van der Waals surface area contributed by atoms with Crippen molar-refractivity contribution in [2.75, 3.05) is 26.4 Å². The first-order valence-corrected chi connectivity index (χ1v) is 9.59. The van der Waals surface area contributed by atoms with Crippen molar-refractivity contribution in [2.24, 2.45) is 23.7 Å². The third-order valence-electron chi connectivity index (χ3n) is 5.74. The van der Waals surface area contributed by atoms with Crippen LogP contribution in [0.15, 0.2) is 12.7 Å². The van der Waals surface area contributed by atoms with E-state index in [1.54, 1.807) is 0 Å². The Morgan fingerprint density at radius 2 is 1.32 bits per heavy atom. The normalized spacial score (nSPS) is 32.8. The quantitative estimate of drug-likeness (QED) is 0.429. The van der Waals surface area contributed by atoms with Crippen molar-refractivity contribution >= 4 is 0 Å². The maximum Gasteiger partial charge on any atom is 0.0644 e. The predicted molar refractivity (Wildman–Crippen MR) is 93.0 cm³/mol. The zero-order valence-electron chi connectivity index (χ0n) is 14.6. The zero-order chi connectivity index (χ0) is 15.6. The molecule has 0 aromatic carbocycles. The first kappa shape index (κ1) is 18.0. The van der Waals surface area contributed by atoms with E-state index in [2.05, 4.69) is 13.5 Å². The van der Waals surface area contributed by atoms with Crippen LogP contribution in [0.3, 0.4) is 0 Å². The molecule has 0 bridgehead atoms. The van der Waals surface area contributed by atoms with Crippen LogP contribution in [0, 0.1) is 23.7 Å². The fraction of sp³-hybridized carbons (Fsp3) is 0.900. The Morgan fingerprint density at radius 3 is 1.77 bits per heavy atom. The molecule has 2 fully saturated rings. The second-order valence-corrected chi connectivity index (χ2v) is 7.46. The smallest absolute Gasteiger partial charge is 0.0644 e. The number of ether oxygens (including phenoxy) is 2. The minimum atomic E-state index is 0.712. The molecule has 2 nitrogen and oxygen atoms in total. The molecule has 2 aliphatic carbocycles. The van der Waals surface area contributed by atoms with Crippen molar-refractivity contribution in [2.45, 2.75) is 64.7 Å². The van der Waals surface area contributed by atoms with Crippen molar-refractivity contribution < 1.29 is 9.47 Å². The monoisotopic (exact) mass is 308 g/mol. The van der Waals surface area contributed by atoms with Gasteiger partial charge in [0, 0.05) is 19.8 Å². The van der Waals surface area contributed by atoms with Crippen LogP contribution in [0.1, 0.15) is 64.7 Å². The third-order valence-corrected chi connectivity index (χ3v) is 5.74. The Balaban J connectivity index is 1.59. The van der Waals surface area contributed by atoms with Gasteiger partial charge in [-0.25, -0.2) is 0 Å². The van der Waals surface area contributed by atoms with Gasteiger partial charge in [0.25, 0.3) is 0 Å². The van der Waals surface area contributed by atoms with Gasteiger partial charge in [0.2, 0.25) is 0 Å². The summed E-state index contributed by atoms with van der Waals surface area (Å²) < 4.78 is 11.4. The lowest BCUT2D eigenvalue weighted by Crippen LogP contribution is -2.28. The molecule has 0 spiro atoms. The summed E-state index contributed by atoms with van der Waals surface area (Å²) in [7, 11) is 0. The lowest BCUT2D eigenvalue weighted by molar-refractivity contribution is 0.0559. The van der Waals surface area contributed by atoms with Crippen LogP contribution in [0.25, 0.3) is 0 Å². The van der Waals surface area contributed by atoms with Crippen LogP contribution in [-0.4, -0.2) is 26.4 Å². The van der Waals surface area contributed by atoms with E-state index in [0.29, 0.717) is 6.61 Å². The molecule has 0 aromatic rings. The van der Waals surface area contributed by atoms with E-state index in [1.807, 2.05) is 6.08 Å². The van der Waals surface area contributed by atoms with Crippen LogP contribution in [-0.2, 0) is 9.47 Å². The lowest BCUT2D eigenvalue weighted by atomic mass is 9.69. The molecule has 2 heteroatoms. The predicted octanol–water partition coefficient (Wildman–Crippen LogP) is 5.23. The average Bonchev–Trinajstić information content (AvgIpc) is 2.57. The van der Waals surface area contributed by atoms with Gasteiger partial charge in [0.15, 0.2) is 0 Å². The van der Waals surface area contributed by atoms with Gasteiger partial charge in [-0.3, -0.25) is 0 Å². The first-order chi connectivity index (χ1) is 10.8. The Morgan fingerprint density at radius 1 is 0.818 bits per heavy atom. The summed E-state index contributed by atoms with van der Waals surface area (Å²) in [4.78, 5) is 0. The Bertz CT molecular complexity index is 286. The molecular weight excluding hydrogens is 272 g/mol. The largest absolute Gasteiger partial charge is 0.381 e. The second-order valence-electron chi connectivity index (χ2n) is 7.46. The van der Waals surface area contributed by atoms with Crippen molar-refractivity contribution in [1.29, 1.82) is 0 Å². The SMILES string of the molecule is C=CCOC[C@H]1CC[C@H]([C@H]2CC[C@H](COCCC)CC2)CC1. The number of hydrogen-bond acceptors (Lipinski definition) is 2. The van der Waals surface area contributed by atoms with E-state index in [-0.39, 0.29) is 0 Å². The fourth-order valence-corrected chi connectivity index (χ4v) is 4.36.